The molecule has 14 heavy (non-hydrogen) atoms. The number of nitrogens with two attached hydrogens (primary N) is 1. The summed E-state index contributed by atoms with van der Waals surface area (Å²) in [5, 5.41) is 0.356. The molecule has 0 saturated carbocycles. The van der Waals surface area contributed by atoms with Crippen LogP contribution in [0, 0.1) is 0 Å². The van der Waals surface area contributed by atoms with E-state index in [1.165, 1.54) is 18.2 Å². The summed E-state index contributed by atoms with van der Waals surface area (Å²) in [4.78, 5) is 0. The van der Waals surface area contributed by atoms with Gasteiger partial charge in [-0.25, -0.2) is 0 Å². The standard InChI is InChI=1S/C8H6BrClF3N/c9-6-3-4(10)1-2-5(6)7(14)8(11,12)13/h1-3,7H,14H2/t7-/m1/s1. The lowest BCUT2D eigenvalue weighted by molar-refractivity contribution is -0.149. The van der Waals surface area contributed by atoms with Crippen molar-refractivity contribution in [1.29, 1.82) is 0 Å². The number of hydrogen-bond donors (Lipinski definition) is 1. The van der Waals surface area contributed by atoms with Crippen LogP contribution in [0.25, 0.3) is 0 Å². The highest BCUT2D eigenvalue weighted by Gasteiger charge is 2.38. The van der Waals surface area contributed by atoms with Gasteiger partial charge in [-0.3, -0.25) is 0 Å². The Labute approximate surface area is 92.2 Å². The van der Waals surface area contributed by atoms with E-state index in [2.05, 4.69) is 15.9 Å². The molecule has 1 aromatic carbocycles. The van der Waals surface area contributed by atoms with Crippen molar-refractivity contribution in [3.8, 4) is 0 Å². The van der Waals surface area contributed by atoms with E-state index in [-0.39, 0.29) is 10.0 Å². The topological polar surface area (TPSA) is 26.0 Å². The van der Waals surface area contributed by atoms with E-state index in [0.717, 1.165) is 0 Å². The van der Waals surface area contributed by atoms with Crippen LogP contribution >= 0.6 is 27.5 Å². The van der Waals surface area contributed by atoms with E-state index in [9.17, 15) is 13.2 Å². The largest absolute Gasteiger partial charge is 0.407 e. The van der Waals surface area contributed by atoms with Gasteiger partial charge in [0.1, 0.15) is 6.04 Å². The summed E-state index contributed by atoms with van der Waals surface area (Å²) >= 11 is 8.56. The summed E-state index contributed by atoms with van der Waals surface area (Å²) < 4.78 is 37.0. The number of benzene rings is 1. The molecule has 0 amide bonds. The SMILES string of the molecule is N[C@H](c1ccc(Cl)cc1Br)C(F)(F)F. The first-order valence-corrected chi connectivity index (χ1v) is 4.76. The molecule has 2 N–H and O–H groups in total. The van der Waals surface area contributed by atoms with Crippen LogP contribution in [0.5, 0.6) is 0 Å². The Morgan fingerprint density at radius 1 is 1.36 bits per heavy atom. The Kier molecular flexibility index (Phi) is 3.44. The number of hydrogen-bond acceptors (Lipinski definition) is 1. The lowest BCUT2D eigenvalue weighted by atomic mass is 10.1. The summed E-state index contributed by atoms with van der Waals surface area (Å²) in [7, 11) is 0. The van der Waals surface area contributed by atoms with Crippen molar-refractivity contribution in [2.24, 2.45) is 5.73 Å². The molecule has 1 atom stereocenters. The first-order chi connectivity index (χ1) is 6.32. The molecule has 0 heterocycles. The van der Waals surface area contributed by atoms with E-state index in [0.29, 0.717) is 5.02 Å². The van der Waals surface area contributed by atoms with Crippen LogP contribution < -0.4 is 5.73 Å². The highest BCUT2D eigenvalue weighted by molar-refractivity contribution is 9.10. The van der Waals surface area contributed by atoms with Gasteiger partial charge in [0.2, 0.25) is 0 Å². The molecule has 0 bridgehead atoms. The Morgan fingerprint density at radius 3 is 2.36 bits per heavy atom. The van der Waals surface area contributed by atoms with Crippen LogP contribution in [0.4, 0.5) is 13.2 Å². The van der Waals surface area contributed by atoms with Crippen molar-refractivity contribution in [1.82, 2.24) is 0 Å². The van der Waals surface area contributed by atoms with Crippen LogP contribution in [0.1, 0.15) is 11.6 Å². The normalized spacial score (nSPS) is 14.1. The minimum absolute atomic E-state index is 0.0260. The predicted octanol–water partition coefficient (Wildman–Crippen LogP) is 3.66. The van der Waals surface area contributed by atoms with Crippen molar-refractivity contribution in [3.05, 3.63) is 33.3 Å². The molecule has 0 aromatic heterocycles. The molecule has 0 aliphatic carbocycles. The smallest absolute Gasteiger partial charge is 0.316 e. The van der Waals surface area contributed by atoms with Gasteiger partial charge >= 0.3 is 6.18 Å². The average Bonchev–Trinajstić information content (AvgIpc) is 2.01. The Hall–Kier alpha value is -0.260. The Bertz CT molecular complexity index is 340. The van der Waals surface area contributed by atoms with Gasteiger partial charge in [0, 0.05) is 9.50 Å². The van der Waals surface area contributed by atoms with Gasteiger partial charge in [-0.2, -0.15) is 13.2 Å². The van der Waals surface area contributed by atoms with Crippen molar-refractivity contribution in [2.75, 3.05) is 0 Å². The second kappa shape index (κ2) is 4.08. The molecule has 1 nitrogen and oxygen atoms in total. The van der Waals surface area contributed by atoms with Crippen LogP contribution in [0.3, 0.4) is 0 Å². The van der Waals surface area contributed by atoms with Gasteiger partial charge in [-0.1, -0.05) is 33.6 Å². The summed E-state index contributed by atoms with van der Waals surface area (Å²) in [5.41, 5.74) is 5.00. The van der Waals surface area contributed by atoms with E-state index in [4.69, 9.17) is 17.3 Å². The third kappa shape index (κ3) is 2.62. The van der Waals surface area contributed by atoms with Gasteiger partial charge < -0.3 is 5.73 Å². The Balaban J connectivity index is 3.08. The van der Waals surface area contributed by atoms with Gasteiger partial charge in [0.25, 0.3) is 0 Å². The zero-order chi connectivity index (χ0) is 10.9. The number of alkyl halides is 3. The minimum atomic E-state index is -4.45. The van der Waals surface area contributed by atoms with E-state index >= 15 is 0 Å². The maximum absolute atomic E-state index is 12.2. The highest BCUT2D eigenvalue weighted by atomic mass is 79.9. The number of rotatable bonds is 1. The third-order valence-electron chi connectivity index (χ3n) is 1.65. The van der Waals surface area contributed by atoms with Gasteiger partial charge in [0.15, 0.2) is 0 Å². The monoisotopic (exact) mass is 287 g/mol. The quantitative estimate of drug-likeness (QED) is 0.838. The van der Waals surface area contributed by atoms with Gasteiger partial charge in [-0.05, 0) is 17.7 Å². The van der Waals surface area contributed by atoms with Crippen LogP contribution in [-0.4, -0.2) is 6.18 Å². The fourth-order valence-electron chi connectivity index (χ4n) is 0.930. The molecule has 0 fully saturated rings. The molecule has 0 spiro atoms. The summed E-state index contributed by atoms with van der Waals surface area (Å²) in [6, 6.07) is 2.01. The second-order valence-corrected chi connectivity index (χ2v) is 3.98. The summed E-state index contributed by atoms with van der Waals surface area (Å²) in [5.74, 6) is 0. The van der Waals surface area contributed by atoms with Crippen molar-refractivity contribution >= 4 is 27.5 Å². The maximum Gasteiger partial charge on any atom is 0.407 e. The van der Waals surface area contributed by atoms with Crippen molar-refractivity contribution in [2.45, 2.75) is 12.2 Å². The van der Waals surface area contributed by atoms with Crippen LogP contribution in [-0.2, 0) is 0 Å². The van der Waals surface area contributed by atoms with Crippen LogP contribution in [0.2, 0.25) is 5.02 Å². The summed E-state index contributed by atoms with van der Waals surface area (Å²) in [6.45, 7) is 0. The molecule has 0 aliphatic rings. The lowest BCUT2D eigenvalue weighted by Gasteiger charge is -2.17. The Morgan fingerprint density at radius 2 is 1.93 bits per heavy atom. The second-order valence-electron chi connectivity index (χ2n) is 2.69. The first kappa shape index (κ1) is 11.8. The molecule has 1 aromatic rings. The maximum atomic E-state index is 12.2. The molecular weight excluding hydrogens is 282 g/mol. The van der Waals surface area contributed by atoms with Crippen molar-refractivity contribution < 1.29 is 13.2 Å². The molecule has 0 radical (unpaired) electrons. The number of halogens is 5. The molecule has 0 unspecified atom stereocenters. The minimum Gasteiger partial charge on any atom is -0.316 e. The van der Waals surface area contributed by atoms with Crippen molar-refractivity contribution in [3.63, 3.8) is 0 Å². The molecule has 6 heteroatoms. The summed E-state index contributed by atoms with van der Waals surface area (Å²) in [6.07, 6.45) is -4.45. The molecule has 0 aliphatic heterocycles. The third-order valence-corrected chi connectivity index (χ3v) is 2.57. The fourth-order valence-corrected chi connectivity index (χ4v) is 1.86. The van der Waals surface area contributed by atoms with Gasteiger partial charge in [-0.15, -0.1) is 0 Å². The molecule has 0 saturated heterocycles. The molecular formula is C8H6BrClF3N. The average molecular weight is 288 g/mol. The zero-order valence-corrected chi connectivity index (χ0v) is 9.12. The lowest BCUT2D eigenvalue weighted by Crippen LogP contribution is -2.28. The van der Waals surface area contributed by atoms with Gasteiger partial charge in [0.05, 0.1) is 0 Å². The first-order valence-electron chi connectivity index (χ1n) is 3.59. The molecule has 78 valence electrons. The molecule has 1 rings (SSSR count). The van der Waals surface area contributed by atoms with Crippen LogP contribution in [0.15, 0.2) is 22.7 Å². The predicted molar refractivity (Wildman–Crippen MR) is 52.1 cm³/mol. The van der Waals surface area contributed by atoms with E-state index in [1.54, 1.807) is 0 Å². The highest BCUT2D eigenvalue weighted by Crippen LogP contribution is 2.35. The van der Waals surface area contributed by atoms with E-state index < -0.39 is 12.2 Å². The zero-order valence-electron chi connectivity index (χ0n) is 6.78. The van der Waals surface area contributed by atoms with E-state index in [1.807, 2.05) is 0 Å². The fraction of sp³-hybridized carbons (Fsp3) is 0.250.